The Labute approximate surface area is 84.8 Å². The summed E-state index contributed by atoms with van der Waals surface area (Å²) in [6.45, 7) is 4.31. The second-order valence-corrected chi connectivity index (χ2v) is 3.52. The summed E-state index contributed by atoms with van der Waals surface area (Å²) >= 11 is 0. The van der Waals surface area contributed by atoms with Crippen molar-refractivity contribution in [3.63, 3.8) is 0 Å². The summed E-state index contributed by atoms with van der Waals surface area (Å²) in [7, 11) is 1.76. The van der Waals surface area contributed by atoms with E-state index in [9.17, 15) is 4.79 Å². The maximum Gasteiger partial charge on any atom is 0.250 e. The SMILES string of the molecule is CCC(CC)Nc1ccc(=O)n(C)c1. The normalized spacial score (nSPS) is 10.6. The number of nitrogens with zero attached hydrogens (tertiary/aromatic N) is 1. The first-order valence-corrected chi connectivity index (χ1v) is 5.10. The fourth-order valence-corrected chi connectivity index (χ4v) is 1.41. The molecule has 0 saturated carbocycles. The Morgan fingerprint density at radius 1 is 1.36 bits per heavy atom. The molecule has 78 valence electrons. The van der Waals surface area contributed by atoms with E-state index in [1.165, 1.54) is 0 Å². The Hall–Kier alpha value is -1.25. The molecule has 0 aliphatic heterocycles. The first kappa shape index (κ1) is 10.8. The van der Waals surface area contributed by atoms with Crippen LogP contribution in [0.25, 0.3) is 0 Å². The molecule has 0 saturated heterocycles. The highest BCUT2D eigenvalue weighted by atomic mass is 16.1. The molecule has 14 heavy (non-hydrogen) atoms. The summed E-state index contributed by atoms with van der Waals surface area (Å²) < 4.78 is 1.59. The molecule has 1 rings (SSSR count). The molecule has 1 N–H and O–H groups in total. The van der Waals surface area contributed by atoms with E-state index in [4.69, 9.17) is 0 Å². The maximum atomic E-state index is 11.1. The Morgan fingerprint density at radius 3 is 2.50 bits per heavy atom. The van der Waals surface area contributed by atoms with Crippen LogP contribution in [0.15, 0.2) is 23.1 Å². The molecule has 1 aromatic heterocycles. The van der Waals surface area contributed by atoms with Crippen LogP contribution >= 0.6 is 0 Å². The van der Waals surface area contributed by atoms with Gasteiger partial charge in [-0.1, -0.05) is 13.8 Å². The number of hydrogen-bond donors (Lipinski definition) is 1. The summed E-state index contributed by atoms with van der Waals surface area (Å²) in [4.78, 5) is 11.1. The molecular weight excluding hydrogens is 176 g/mol. The highest BCUT2D eigenvalue weighted by Gasteiger charge is 2.02. The minimum Gasteiger partial charge on any atom is -0.381 e. The first-order valence-electron chi connectivity index (χ1n) is 5.10. The van der Waals surface area contributed by atoms with Gasteiger partial charge in [0.15, 0.2) is 0 Å². The van der Waals surface area contributed by atoms with Crippen LogP contribution in [0.5, 0.6) is 0 Å². The fraction of sp³-hybridized carbons (Fsp3) is 0.545. The molecule has 3 nitrogen and oxygen atoms in total. The van der Waals surface area contributed by atoms with Crippen LogP contribution in [0.4, 0.5) is 5.69 Å². The number of anilines is 1. The third-order valence-electron chi connectivity index (χ3n) is 2.44. The van der Waals surface area contributed by atoms with Gasteiger partial charge in [-0.05, 0) is 18.9 Å². The van der Waals surface area contributed by atoms with Gasteiger partial charge in [-0.3, -0.25) is 4.79 Å². The minimum atomic E-state index is 0.0279. The van der Waals surface area contributed by atoms with Crippen molar-refractivity contribution in [2.45, 2.75) is 32.7 Å². The molecule has 1 aromatic rings. The number of pyridine rings is 1. The highest BCUT2D eigenvalue weighted by Crippen LogP contribution is 2.08. The lowest BCUT2D eigenvalue weighted by atomic mass is 10.1. The van der Waals surface area contributed by atoms with Gasteiger partial charge in [0.05, 0.1) is 5.69 Å². The van der Waals surface area contributed by atoms with Gasteiger partial charge >= 0.3 is 0 Å². The standard InChI is InChI=1S/C11H18N2O/c1-4-9(5-2)12-10-6-7-11(14)13(3)8-10/h6-9,12H,4-5H2,1-3H3. The van der Waals surface area contributed by atoms with Gasteiger partial charge in [-0.25, -0.2) is 0 Å². The molecule has 0 atom stereocenters. The van der Waals surface area contributed by atoms with Crippen molar-refractivity contribution < 1.29 is 0 Å². The molecule has 0 radical (unpaired) electrons. The molecule has 0 spiro atoms. The summed E-state index contributed by atoms with van der Waals surface area (Å²) in [6, 6.07) is 3.92. The molecule has 0 aliphatic rings. The van der Waals surface area contributed by atoms with Crippen LogP contribution < -0.4 is 10.9 Å². The van der Waals surface area contributed by atoms with Gasteiger partial charge in [0.2, 0.25) is 5.56 Å². The Bertz CT molecular complexity index is 339. The second kappa shape index (κ2) is 4.84. The molecule has 0 bridgehead atoms. The van der Waals surface area contributed by atoms with E-state index < -0.39 is 0 Å². The zero-order valence-electron chi connectivity index (χ0n) is 9.08. The average Bonchev–Trinajstić information content (AvgIpc) is 2.19. The predicted molar refractivity (Wildman–Crippen MR) is 59.7 cm³/mol. The van der Waals surface area contributed by atoms with Crippen molar-refractivity contribution in [2.75, 3.05) is 5.32 Å². The molecule has 1 heterocycles. The predicted octanol–water partition coefficient (Wildman–Crippen LogP) is 1.99. The lowest BCUT2D eigenvalue weighted by Gasteiger charge is -2.16. The van der Waals surface area contributed by atoms with Gasteiger partial charge in [0.25, 0.3) is 0 Å². The molecule has 0 aromatic carbocycles. The van der Waals surface area contributed by atoms with Crippen molar-refractivity contribution in [2.24, 2.45) is 7.05 Å². The maximum absolute atomic E-state index is 11.1. The van der Waals surface area contributed by atoms with Crippen LogP contribution in [0.2, 0.25) is 0 Å². The number of aryl methyl sites for hydroxylation is 1. The summed E-state index contributed by atoms with van der Waals surface area (Å²) in [5.41, 5.74) is 1.04. The largest absolute Gasteiger partial charge is 0.381 e. The van der Waals surface area contributed by atoms with Crippen LogP contribution in [-0.4, -0.2) is 10.6 Å². The van der Waals surface area contributed by atoms with E-state index in [-0.39, 0.29) is 5.56 Å². The lowest BCUT2D eigenvalue weighted by molar-refractivity contribution is 0.669. The molecule has 0 amide bonds. The number of rotatable bonds is 4. The third kappa shape index (κ3) is 2.62. The molecular formula is C11H18N2O. The zero-order chi connectivity index (χ0) is 10.6. The summed E-state index contributed by atoms with van der Waals surface area (Å²) in [5.74, 6) is 0. The lowest BCUT2D eigenvalue weighted by Crippen LogP contribution is -2.20. The van der Waals surface area contributed by atoms with E-state index in [0.717, 1.165) is 18.5 Å². The molecule has 3 heteroatoms. The van der Waals surface area contributed by atoms with Crippen LogP contribution in [0.3, 0.4) is 0 Å². The fourth-order valence-electron chi connectivity index (χ4n) is 1.41. The van der Waals surface area contributed by atoms with Gasteiger partial charge in [-0.15, -0.1) is 0 Å². The molecule has 0 fully saturated rings. The van der Waals surface area contributed by atoms with Gasteiger partial charge in [-0.2, -0.15) is 0 Å². The van der Waals surface area contributed by atoms with Crippen molar-refractivity contribution in [3.05, 3.63) is 28.7 Å². The van der Waals surface area contributed by atoms with Crippen molar-refractivity contribution >= 4 is 5.69 Å². The smallest absolute Gasteiger partial charge is 0.250 e. The quantitative estimate of drug-likeness (QED) is 0.795. The Morgan fingerprint density at radius 2 is 2.00 bits per heavy atom. The van der Waals surface area contributed by atoms with E-state index >= 15 is 0 Å². The average molecular weight is 194 g/mol. The van der Waals surface area contributed by atoms with Gasteiger partial charge in [0.1, 0.15) is 0 Å². The van der Waals surface area contributed by atoms with Gasteiger partial charge < -0.3 is 9.88 Å². The zero-order valence-corrected chi connectivity index (χ0v) is 9.08. The van der Waals surface area contributed by atoms with E-state index in [2.05, 4.69) is 19.2 Å². The Kier molecular flexibility index (Phi) is 3.74. The molecule has 0 aliphatic carbocycles. The molecule has 0 unspecified atom stereocenters. The minimum absolute atomic E-state index is 0.0279. The topological polar surface area (TPSA) is 34.0 Å². The van der Waals surface area contributed by atoms with Crippen molar-refractivity contribution in [3.8, 4) is 0 Å². The third-order valence-corrected chi connectivity index (χ3v) is 2.44. The van der Waals surface area contributed by atoms with E-state index in [1.54, 1.807) is 17.7 Å². The summed E-state index contributed by atoms with van der Waals surface area (Å²) in [6.07, 6.45) is 4.03. The van der Waals surface area contributed by atoms with Crippen LogP contribution in [0, 0.1) is 0 Å². The summed E-state index contributed by atoms with van der Waals surface area (Å²) in [5, 5.41) is 3.39. The first-order chi connectivity index (χ1) is 6.67. The highest BCUT2D eigenvalue weighted by molar-refractivity contribution is 5.41. The number of hydrogen-bond acceptors (Lipinski definition) is 2. The monoisotopic (exact) mass is 194 g/mol. The Balaban J connectivity index is 2.77. The van der Waals surface area contributed by atoms with Crippen LogP contribution in [-0.2, 0) is 7.05 Å². The number of aromatic nitrogens is 1. The van der Waals surface area contributed by atoms with Crippen molar-refractivity contribution in [1.29, 1.82) is 0 Å². The van der Waals surface area contributed by atoms with Gasteiger partial charge in [0, 0.05) is 25.4 Å². The van der Waals surface area contributed by atoms with Crippen molar-refractivity contribution in [1.82, 2.24) is 4.57 Å². The van der Waals surface area contributed by atoms with Crippen LogP contribution in [0.1, 0.15) is 26.7 Å². The van der Waals surface area contributed by atoms with E-state index in [1.807, 2.05) is 12.3 Å². The van der Waals surface area contributed by atoms with E-state index in [0.29, 0.717) is 6.04 Å². The second-order valence-electron chi connectivity index (χ2n) is 3.52. The number of nitrogens with one attached hydrogen (secondary N) is 1.